The van der Waals surface area contributed by atoms with Crippen molar-refractivity contribution in [2.45, 2.75) is 19.7 Å². The average molecular weight is 259 g/mol. The summed E-state index contributed by atoms with van der Waals surface area (Å²) >= 11 is 0. The summed E-state index contributed by atoms with van der Waals surface area (Å²) in [6.45, 7) is 1.48. The first kappa shape index (κ1) is 13.8. The van der Waals surface area contributed by atoms with Gasteiger partial charge in [0, 0.05) is 5.56 Å². The Morgan fingerprint density at radius 1 is 1.50 bits per heavy atom. The van der Waals surface area contributed by atoms with E-state index in [2.05, 4.69) is 4.74 Å². The van der Waals surface area contributed by atoms with Crippen molar-refractivity contribution in [1.82, 2.24) is 0 Å². The number of benzene rings is 1. The zero-order valence-corrected chi connectivity index (χ0v) is 9.21. The first-order chi connectivity index (χ1) is 8.30. The van der Waals surface area contributed by atoms with Gasteiger partial charge in [-0.2, -0.15) is 5.26 Å². The predicted molar refractivity (Wildman–Crippen MR) is 54.2 cm³/mol. The maximum atomic E-state index is 12.1. The molecule has 1 aromatic rings. The number of alkyl halides is 3. The van der Waals surface area contributed by atoms with E-state index in [1.165, 1.54) is 6.92 Å². The summed E-state index contributed by atoms with van der Waals surface area (Å²) in [5.41, 5.74) is -0.811. The monoisotopic (exact) mass is 259 g/mol. The third-order valence-electron chi connectivity index (χ3n) is 2.18. The van der Waals surface area contributed by atoms with Crippen LogP contribution in [0, 0.1) is 11.3 Å². The van der Waals surface area contributed by atoms with E-state index in [0.717, 1.165) is 12.1 Å². The van der Waals surface area contributed by atoms with E-state index >= 15 is 0 Å². The van der Waals surface area contributed by atoms with Crippen molar-refractivity contribution in [3.05, 3.63) is 28.8 Å². The van der Waals surface area contributed by atoms with Crippen molar-refractivity contribution in [1.29, 1.82) is 5.26 Å². The van der Waals surface area contributed by atoms with Crippen LogP contribution in [0.5, 0.6) is 5.75 Å². The fourth-order valence-corrected chi connectivity index (χ4v) is 1.54. The predicted octanol–water partition coefficient (Wildman–Crippen LogP) is 2.72. The molecular weight excluding hydrogens is 251 g/mol. The summed E-state index contributed by atoms with van der Waals surface area (Å²) in [5, 5.41) is 17.7. The average Bonchev–Trinajstić information content (AvgIpc) is 2.26. The van der Waals surface area contributed by atoms with Gasteiger partial charge in [0.2, 0.25) is 0 Å². The molecule has 0 aliphatic heterocycles. The Kier molecular flexibility index (Phi) is 3.81. The number of hydrogen-bond donors (Lipinski definition) is 1. The number of halogens is 3. The molecule has 1 rings (SSSR count). The van der Waals surface area contributed by atoms with Crippen molar-refractivity contribution in [2.75, 3.05) is 0 Å². The fraction of sp³-hybridized carbons (Fsp3) is 0.273. The lowest BCUT2D eigenvalue weighted by atomic mass is 9.99. The molecule has 0 amide bonds. The minimum atomic E-state index is -4.91. The number of carbonyl (C=O) groups is 1. The van der Waals surface area contributed by atoms with Gasteiger partial charge in [-0.3, -0.25) is 0 Å². The van der Waals surface area contributed by atoms with Crippen molar-refractivity contribution in [3.63, 3.8) is 0 Å². The zero-order valence-electron chi connectivity index (χ0n) is 9.21. The highest BCUT2D eigenvalue weighted by atomic mass is 19.4. The molecule has 0 aliphatic rings. The summed E-state index contributed by atoms with van der Waals surface area (Å²) < 4.78 is 40.2. The lowest BCUT2D eigenvalue weighted by Gasteiger charge is -2.14. The molecule has 0 saturated heterocycles. The number of rotatable bonds is 3. The molecule has 0 fully saturated rings. The van der Waals surface area contributed by atoms with E-state index < -0.39 is 23.6 Å². The number of nitrogens with zero attached hydrogens (tertiary/aromatic N) is 1. The molecule has 1 N–H and O–H groups in total. The van der Waals surface area contributed by atoms with Gasteiger partial charge in [-0.05, 0) is 18.6 Å². The van der Waals surface area contributed by atoms with E-state index in [4.69, 9.17) is 10.4 Å². The molecule has 0 radical (unpaired) electrons. The molecule has 18 heavy (non-hydrogen) atoms. The van der Waals surface area contributed by atoms with Crippen LogP contribution in [-0.2, 0) is 6.42 Å². The SMILES string of the molecule is CCc1c(OC(F)(F)F)ccc(C#N)c1C(=O)O. The van der Waals surface area contributed by atoms with Crippen LogP contribution in [0.1, 0.15) is 28.4 Å². The Bertz CT molecular complexity index is 517. The van der Waals surface area contributed by atoms with Crippen molar-refractivity contribution < 1.29 is 27.8 Å². The standard InChI is InChI=1S/C11H8F3NO3/c1-2-7-8(18-11(12,13)14)4-3-6(5-15)9(7)10(16)17/h3-4H,2H2,1H3,(H,16,17). The number of carboxylic acid groups (broad SMARTS) is 1. The van der Waals surface area contributed by atoms with Crippen LogP contribution in [0.15, 0.2) is 12.1 Å². The van der Waals surface area contributed by atoms with Crippen LogP contribution in [0.25, 0.3) is 0 Å². The van der Waals surface area contributed by atoms with E-state index in [0.29, 0.717) is 0 Å². The molecule has 0 atom stereocenters. The van der Waals surface area contributed by atoms with Gasteiger partial charge < -0.3 is 9.84 Å². The summed E-state index contributed by atoms with van der Waals surface area (Å²) in [4.78, 5) is 11.0. The summed E-state index contributed by atoms with van der Waals surface area (Å²) in [6.07, 6.45) is -4.91. The van der Waals surface area contributed by atoms with Crippen LogP contribution in [0.4, 0.5) is 13.2 Å². The third kappa shape index (κ3) is 2.91. The molecule has 0 aliphatic carbocycles. The van der Waals surface area contributed by atoms with Crippen LogP contribution in [0.2, 0.25) is 0 Å². The van der Waals surface area contributed by atoms with Crippen LogP contribution in [0.3, 0.4) is 0 Å². The van der Waals surface area contributed by atoms with Crippen molar-refractivity contribution >= 4 is 5.97 Å². The van der Waals surface area contributed by atoms with Gasteiger partial charge in [0.05, 0.1) is 11.1 Å². The van der Waals surface area contributed by atoms with Gasteiger partial charge in [-0.1, -0.05) is 6.92 Å². The quantitative estimate of drug-likeness (QED) is 0.905. The Labute approximate surface area is 100 Å². The first-order valence-electron chi connectivity index (χ1n) is 4.85. The Balaban J connectivity index is 3.44. The molecule has 0 saturated carbocycles. The van der Waals surface area contributed by atoms with E-state index in [-0.39, 0.29) is 17.5 Å². The normalized spacial score (nSPS) is 10.8. The van der Waals surface area contributed by atoms with Crippen molar-refractivity contribution in [3.8, 4) is 11.8 Å². The molecule has 0 heterocycles. The second-order valence-electron chi connectivity index (χ2n) is 3.28. The number of hydrogen-bond acceptors (Lipinski definition) is 3. The van der Waals surface area contributed by atoms with Crippen LogP contribution < -0.4 is 4.74 Å². The summed E-state index contributed by atoms with van der Waals surface area (Å²) in [5.74, 6) is -2.06. The van der Waals surface area contributed by atoms with Gasteiger partial charge >= 0.3 is 12.3 Å². The molecule has 0 aromatic heterocycles. The fourth-order valence-electron chi connectivity index (χ4n) is 1.54. The second kappa shape index (κ2) is 4.96. The highest BCUT2D eigenvalue weighted by Crippen LogP contribution is 2.30. The first-order valence-corrected chi connectivity index (χ1v) is 4.85. The van der Waals surface area contributed by atoms with E-state index in [9.17, 15) is 18.0 Å². The smallest absolute Gasteiger partial charge is 0.478 e. The second-order valence-corrected chi connectivity index (χ2v) is 3.28. The number of aromatic carboxylic acids is 1. The van der Waals surface area contributed by atoms with Gasteiger partial charge in [0.1, 0.15) is 11.8 Å². The number of carboxylic acids is 1. The number of ether oxygens (including phenoxy) is 1. The minimum absolute atomic E-state index is 0.00255. The third-order valence-corrected chi connectivity index (χ3v) is 2.18. The molecular formula is C11H8F3NO3. The maximum absolute atomic E-state index is 12.1. The molecule has 7 heteroatoms. The maximum Gasteiger partial charge on any atom is 0.573 e. The van der Waals surface area contributed by atoms with E-state index in [1.807, 2.05) is 0 Å². The Morgan fingerprint density at radius 2 is 2.11 bits per heavy atom. The van der Waals surface area contributed by atoms with Gasteiger partial charge in [-0.25, -0.2) is 4.79 Å². The molecule has 4 nitrogen and oxygen atoms in total. The highest BCUT2D eigenvalue weighted by molar-refractivity contribution is 5.93. The van der Waals surface area contributed by atoms with Gasteiger partial charge in [0.15, 0.2) is 0 Å². The molecule has 0 bridgehead atoms. The highest BCUT2D eigenvalue weighted by Gasteiger charge is 2.33. The van der Waals surface area contributed by atoms with Crippen LogP contribution >= 0.6 is 0 Å². The zero-order chi connectivity index (χ0) is 13.9. The molecule has 1 aromatic carbocycles. The molecule has 0 unspecified atom stereocenters. The largest absolute Gasteiger partial charge is 0.573 e. The molecule has 0 spiro atoms. The lowest BCUT2D eigenvalue weighted by molar-refractivity contribution is -0.274. The topological polar surface area (TPSA) is 70.3 Å². The van der Waals surface area contributed by atoms with Crippen molar-refractivity contribution in [2.24, 2.45) is 0 Å². The Hall–Kier alpha value is -2.23. The minimum Gasteiger partial charge on any atom is -0.478 e. The Morgan fingerprint density at radius 3 is 2.50 bits per heavy atom. The molecule has 96 valence electrons. The van der Waals surface area contributed by atoms with Crippen LogP contribution in [-0.4, -0.2) is 17.4 Å². The lowest BCUT2D eigenvalue weighted by Crippen LogP contribution is -2.19. The summed E-state index contributed by atoms with van der Waals surface area (Å²) in [6, 6.07) is 3.56. The van der Waals surface area contributed by atoms with Gasteiger partial charge in [-0.15, -0.1) is 13.2 Å². The van der Waals surface area contributed by atoms with E-state index in [1.54, 1.807) is 6.07 Å². The summed E-state index contributed by atoms with van der Waals surface area (Å²) in [7, 11) is 0. The van der Waals surface area contributed by atoms with Gasteiger partial charge in [0.25, 0.3) is 0 Å². The number of nitriles is 1.